The number of hydrogen-bond donors (Lipinski definition) is 0. The second kappa shape index (κ2) is 5.28. The molecule has 0 N–H and O–H groups in total. The van der Waals surface area contributed by atoms with Crippen LogP contribution in [0.3, 0.4) is 0 Å². The van der Waals surface area contributed by atoms with E-state index in [2.05, 4.69) is 11.1 Å². The number of benzene rings is 1. The van der Waals surface area contributed by atoms with E-state index in [0.717, 1.165) is 17.7 Å². The number of aryl methyl sites for hydroxylation is 1. The zero-order valence-corrected chi connectivity index (χ0v) is 10.8. The summed E-state index contributed by atoms with van der Waals surface area (Å²) in [6.45, 7) is 1.88. The zero-order chi connectivity index (χ0) is 10.8. The van der Waals surface area contributed by atoms with Gasteiger partial charge in [0.05, 0.1) is 0 Å². The Balaban J connectivity index is 0.00000128. The Labute approximate surface area is 106 Å². The van der Waals surface area contributed by atoms with Crippen LogP contribution in [-0.4, -0.2) is 4.98 Å². The zero-order valence-electron chi connectivity index (χ0n) is 8.42. The molecular formula is C12H8F2IrN-. The second-order valence-corrected chi connectivity index (χ2v) is 3.26. The van der Waals surface area contributed by atoms with Crippen LogP contribution in [0.25, 0.3) is 11.3 Å². The summed E-state index contributed by atoms with van der Waals surface area (Å²) >= 11 is 0. The molecule has 0 aliphatic carbocycles. The SMILES string of the molecule is Cc1ccnc(-c2[c-]cc(F)cc2F)c1.[Ir]. The quantitative estimate of drug-likeness (QED) is 0.675. The second-order valence-electron chi connectivity index (χ2n) is 3.26. The average molecular weight is 396 g/mol. The first kappa shape index (κ1) is 12.9. The summed E-state index contributed by atoms with van der Waals surface area (Å²) in [5.74, 6) is -1.28. The van der Waals surface area contributed by atoms with E-state index in [1.54, 1.807) is 12.3 Å². The van der Waals surface area contributed by atoms with Crippen LogP contribution in [-0.2, 0) is 20.1 Å². The molecule has 0 aliphatic heterocycles. The molecule has 1 heterocycles. The maximum absolute atomic E-state index is 13.4. The summed E-state index contributed by atoms with van der Waals surface area (Å²) < 4.78 is 26.0. The maximum Gasteiger partial charge on any atom is 0.0408 e. The van der Waals surface area contributed by atoms with Crippen molar-refractivity contribution in [2.75, 3.05) is 0 Å². The first-order valence-corrected chi connectivity index (χ1v) is 4.46. The molecule has 0 unspecified atom stereocenters. The summed E-state index contributed by atoms with van der Waals surface area (Å²) in [4.78, 5) is 4.01. The van der Waals surface area contributed by atoms with Gasteiger partial charge in [0.2, 0.25) is 0 Å². The molecule has 2 rings (SSSR count). The molecule has 0 aliphatic rings. The van der Waals surface area contributed by atoms with Crippen LogP contribution in [0.1, 0.15) is 5.56 Å². The average Bonchev–Trinajstić information content (AvgIpc) is 2.17. The third-order valence-corrected chi connectivity index (χ3v) is 2.03. The van der Waals surface area contributed by atoms with Gasteiger partial charge in [0.1, 0.15) is 0 Å². The Kier molecular flexibility index (Phi) is 4.27. The van der Waals surface area contributed by atoms with E-state index < -0.39 is 11.6 Å². The number of nitrogens with zero attached hydrogens (tertiary/aromatic N) is 1. The fourth-order valence-electron chi connectivity index (χ4n) is 1.31. The summed E-state index contributed by atoms with van der Waals surface area (Å²) in [5.41, 5.74) is 1.63. The molecule has 85 valence electrons. The van der Waals surface area contributed by atoms with Gasteiger partial charge in [-0.1, -0.05) is 23.3 Å². The first-order valence-electron chi connectivity index (χ1n) is 4.46. The van der Waals surface area contributed by atoms with Gasteiger partial charge in [-0.15, -0.1) is 12.1 Å². The van der Waals surface area contributed by atoms with Crippen LogP contribution in [0.2, 0.25) is 0 Å². The molecule has 0 bridgehead atoms. The summed E-state index contributed by atoms with van der Waals surface area (Å²) in [6.07, 6.45) is 1.58. The van der Waals surface area contributed by atoms with Crippen molar-refractivity contribution in [2.45, 2.75) is 6.92 Å². The molecule has 4 heteroatoms. The van der Waals surface area contributed by atoms with Gasteiger partial charge in [-0.05, 0) is 18.7 Å². The van der Waals surface area contributed by atoms with Crippen LogP contribution < -0.4 is 0 Å². The Morgan fingerprint density at radius 2 is 2.00 bits per heavy atom. The van der Waals surface area contributed by atoms with Crippen molar-refractivity contribution in [1.29, 1.82) is 0 Å². The Hall–Kier alpha value is -1.12. The van der Waals surface area contributed by atoms with Crippen molar-refractivity contribution in [3.05, 3.63) is 53.7 Å². The van der Waals surface area contributed by atoms with Crippen molar-refractivity contribution < 1.29 is 28.9 Å². The number of hydrogen-bond acceptors (Lipinski definition) is 1. The van der Waals surface area contributed by atoms with E-state index in [1.807, 2.05) is 13.0 Å². The van der Waals surface area contributed by atoms with Gasteiger partial charge >= 0.3 is 0 Å². The molecule has 0 saturated carbocycles. The predicted octanol–water partition coefficient (Wildman–Crippen LogP) is 3.13. The summed E-state index contributed by atoms with van der Waals surface area (Å²) in [7, 11) is 0. The number of rotatable bonds is 1. The van der Waals surface area contributed by atoms with E-state index >= 15 is 0 Å². The molecule has 0 spiro atoms. The smallest absolute Gasteiger partial charge is 0.0408 e. The molecule has 0 amide bonds. The van der Waals surface area contributed by atoms with Gasteiger partial charge < -0.3 is 4.98 Å². The summed E-state index contributed by atoms with van der Waals surface area (Å²) in [6, 6.07) is 8.00. The Bertz CT molecular complexity index is 500. The fourth-order valence-corrected chi connectivity index (χ4v) is 1.31. The molecule has 1 nitrogen and oxygen atoms in total. The minimum Gasteiger partial charge on any atom is -0.305 e. The van der Waals surface area contributed by atoms with E-state index in [1.165, 1.54) is 0 Å². The van der Waals surface area contributed by atoms with Crippen molar-refractivity contribution in [3.63, 3.8) is 0 Å². The van der Waals surface area contributed by atoms with Gasteiger partial charge in [0, 0.05) is 37.9 Å². The van der Waals surface area contributed by atoms with Crippen molar-refractivity contribution in [2.24, 2.45) is 0 Å². The van der Waals surface area contributed by atoms with Gasteiger partial charge in [0.25, 0.3) is 0 Å². The molecule has 0 atom stereocenters. The number of halogens is 2. The fraction of sp³-hybridized carbons (Fsp3) is 0.0833. The molecule has 1 radical (unpaired) electrons. The maximum atomic E-state index is 13.4. The molecular weight excluding hydrogens is 388 g/mol. The Morgan fingerprint density at radius 3 is 2.62 bits per heavy atom. The normalized spacial score (nSPS) is 9.69. The molecule has 1 aromatic heterocycles. The molecule has 1 aromatic carbocycles. The summed E-state index contributed by atoms with van der Waals surface area (Å²) in [5, 5.41) is 0. The third kappa shape index (κ3) is 2.71. The van der Waals surface area contributed by atoms with Gasteiger partial charge in [-0.25, -0.2) is 0 Å². The molecule has 0 fully saturated rings. The number of pyridine rings is 1. The van der Waals surface area contributed by atoms with Gasteiger partial charge in [0.15, 0.2) is 0 Å². The van der Waals surface area contributed by atoms with E-state index in [-0.39, 0.29) is 25.7 Å². The largest absolute Gasteiger partial charge is 0.305 e. The van der Waals surface area contributed by atoms with Crippen LogP contribution in [0.5, 0.6) is 0 Å². The predicted molar refractivity (Wildman–Crippen MR) is 53.2 cm³/mol. The van der Waals surface area contributed by atoms with Crippen molar-refractivity contribution >= 4 is 0 Å². The van der Waals surface area contributed by atoms with Crippen molar-refractivity contribution in [1.82, 2.24) is 4.98 Å². The van der Waals surface area contributed by atoms with Crippen LogP contribution in [0.4, 0.5) is 8.78 Å². The minimum atomic E-state index is -0.645. The first-order chi connectivity index (χ1) is 7.16. The van der Waals surface area contributed by atoms with Crippen LogP contribution in [0, 0.1) is 24.6 Å². The van der Waals surface area contributed by atoms with Crippen LogP contribution in [0.15, 0.2) is 30.5 Å². The van der Waals surface area contributed by atoms with Gasteiger partial charge in [-0.3, -0.25) is 8.78 Å². The van der Waals surface area contributed by atoms with Crippen LogP contribution >= 0.6 is 0 Å². The molecule has 0 saturated heterocycles. The van der Waals surface area contributed by atoms with Crippen molar-refractivity contribution in [3.8, 4) is 11.3 Å². The topological polar surface area (TPSA) is 12.9 Å². The van der Waals surface area contributed by atoms with E-state index in [0.29, 0.717) is 5.69 Å². The monoisotopic (exact) mass is 397 g/mol. The molecule has 16 heavy (non-hydrogen) atoms. The minimum absolute atomic E-state index is 0. The Morgan fingerprint density at radius 1 is 1.25 bits per heavy atom. The molecule has 2 aromatic rings. The third-order valence-electron chi connectivity index (χ3n) is 2.03. The van der Waals surface area contributed by atoms with E-state index in [4.69, 9.17) is 0 Å². The number of aromatic nitrogens is 1. The standard InChI is InChI=1S/C12H8F2N.Ir/c1-8-4-5-15-12(6-8)10-3-2-9(13)7-11(10)14;/h2,4-7H,1H3;/q-1;. The van der Waals surface area contributed by atoms with Gasteiger partial charge in [-0.2, -0.15) is 0 Å². The van der Waals surface area contributed by atoms with E-state index in [9.17, 15) is 8.78 Å².